The summed E-state index contributed by atoms with van der Waals surface area (Å²) in [6.45, 7) is 5.72. The second kappa shape index (κ2) is 9.29. The largest absolute Gasteiger partial charge is 0.496 e. The molecule has 2 aromatic carbocycles. The molecule has 1 amide bonds. The van der Waals surface area contributed by atoms with E-state index in [1.807, 2.05) is 31.4 Å². The first-order chi connectivity index (χ1) is 14.7. The lowest BCUT2D eigenvalue weighted by Gasteiger charge is -2.12. The molecule has 1 aromatic heterocycles. The van der Waals surface area contributed by atoms with Crippen molar-refractivity contribution >= 4 is 40.4 Å². The Balaban J connectivity index is 1.82. The van der Waals surface area contributed by atoms with Crippen LogP contribution in [-0.4, -0.2) is 28.7 Å². The fraction of sp³-hybridized carbons (Fsp3) is 0.182. The summed E-state index contributed by atoms with van der Waals surface area (Å²) >= 11 is 2.14. The van der Waals surface area contributed by atoms with Gasteiger partial charge in [-0.05, 0) is 79.3 Å². The van der Waals surface area contributed by atoms with Crippen molar-refractivity contribution < 1.29 is 14.5 Å². The van der Waals surface area contributed by atoms with E-state index >= 15 is 0 Å². The van der Waals surface area contributed by atoms with Crippen molar-refractivity contribution in [2.24, 2.45) is 5.10 Å². The Morgan fingerprint density at radius 3 is 2.58 bits per heavy atom. The quantitative estimate of drug-likeness (QED) is 0.216. The summed E-state index contributed by atoms with van der Waals surface area (Å²) in [6, 6.07) is 11.9. The van der Waals surface area contributed by atoms with Crippen molar-refractivity contribution in [1.82, 2.24) is 9.99 Å². The van der Waals surface area contributed by atoms with E-state index in [1.54, 1.807) is 43.7 Å². The first-order valence-electron chi connectivity index (χ1n) is 9.34. The van der Waals surface area contributed by atoms with Crippen LogP contribution in [0, 0.1) is 34.5 Å². The van der Waals surface area contributed by atoms with Gasteiger partial charge in [0.05, 0.1) is 21.8 Å². The van der Waals surface area contributed by atoms with E-state index in [0.717, 1.165) is 31.8 Å². The molecular weight excluding hydrogens is 511 g/mol. The third-order valence-corrected chi connectivity index (χ3v) is 5.78. The summed E-state index contributed by atoms with van der Waals surface area (Å²) in [6.07, 6.45) is 1.58. The molecule has 160 valence electrons. The topological polar surface area (TPSA) is 98.8 Å². The van der Waals surface area contributed by atoms with E-state index in [1.165, 1.54) is 6.07 Å². The number of aromatic nitrogens is 1. The SMILES string of the molecule is COc1cc(C(=O)N/N=C\c2cc(C)n(-c3ccc([N+](=O)[O-])cc3C)c2C)ccc1I. The number of nitro benzene ring substituents is 1. The molecule has 1 heterocycles. The van der Waals surface area contributed by atoms with Gasteiger partial charge in [0.25, 0.3) is 11.6 Å². The Kier molecular flexibility index (Phi) is 6.74. The molecule has 1 N–H and O–H groups in total. The van der Waals surface area contributed by atoms with Gasteiger partial charge in [-0.3, -0.25) is 14.9 Å². The monoisotopic (exact) mass is 532 g/mol. The normalized spacial score (nSPS) is 11.0. The molecule has 0 unspecified atom stereocenters. The fourth-order valence-electron chi connectivity index (χ4n) is 3.32. The molecule has 3 aromatic rings. The third-order valence-electron chi connectivity index (χ3n) is 4.89. The number of nitrogens with one attached hydrogen (secondary N) is 1. The zero-order valence-corrected chi connectivity index (χ0v) is 19.6. The number of non-ortho nitro benzene ring substituents is 1. The molecule has 31 heavy (non-hydrogen) atoms. The van der Waals surface area contributed by atoms with Crippen molar-refractivity contribution in [3.63, 3.8) is 0 Å². The molecule has 0 atom stereocenters. The van der Waals surface area contributed by atoms with Gasteiger partial charge in [0, 0.05) is 40.3 Å². The number of carbonyl (C=O) groups is 1. The fourth-order valence-corrected chi connectivity index (χ4v) is 3.87. The minimum Gasteiger partial charge on any atom is -0.496 e. The highest BCUT2D eigenvalue weighted by Gasteiger charge is 2.14. The van der Waals surface area contributed by atoms with Crippen molar-refractivity contribution in [2.45, 2.75) is 20.8 Å². The van der Waals surface area contributed by atoms with Crippen molar-refractivity contribution in [1.29, 1.82) is 0 Å². The minimum absolute atomic E-state index is 0.0560. The molecule has 0 saturated heterocycles. The van der Waals surface area contributed by atoms with Crippen LogP contribution in [-0.2, 0) is 0 Å². The molecule has 8 nitrogen and oxygen atoms in total. The zero-order valence-electron chi connectivity index (χ0n) is 17.5. The number of amides is 1. The average Bonchev–Trinajstić information content (AvgIpc) is 3.01. The predicted octanol–water partition coefficient (Wildman–Crippen LogP) is 4.69. The third kappa shape index (κ3) is 4.76. The van der Waals surface area contributed by atoms with Gasteiger partial charge in [0.15, 0.2) is 0 Å². The Morgan fingerprint density at radius 2 is 1.94 bits per heavy atom. The van der Waals surface area contributed by atoms with Gasteiger partial charge in [-0.25, -0.2) is 5.43 Å². The second-order valence-corrected chi connectivity index (χ2v) is 8.10. The number of halogens is 1. The molecule has 0 aliphatic rings. The van der Waals surface area contributed by atoms with Gasteiger partial charge < -0.3 is 9.30 Å². The van der Waals surface area contributed by atoms with E-state index in [2.05, 4.69) is 33.1 Å². The predicted molar refractivity (Wildman–Crippen MR) is 127 cm³/mol. The van der Waals surface area contributed by atoms with Gasteiger partial charge in [0.1, 0.15) is 5.75 Å². The van der Waals surface area contributed by atoms with Crippen LogP contribution >= 0.6 is 22.6 Å². The maximum Gasteiger partial charge on any atom is 0.271 e. The van der Waals surface area contributed by atoms with Crippen molar-refractivity contribution in [3.05, 3.63) is 84.2 Å². The Morgan fingerprint density at radius 1 is 1.19 bits per heavy atom. The van der Waals surface area contributed by atoms with Crippen LogP contribution in [0.25, 0.3) is 5.69 Å². The molecule has 0 saturated carbocycles. The van der Waals surface area contributed by atoms with Crippen LogP contribution in [0.15, 0.2) is 47.6 Å². The lowest BCUT2D eigenvalue weighted by Crippen LogP contribution is -2.17. The highest BCUT2D eigenvalue weighted by molar-refractivity contribution is 14.1. The van der Waals surface area contributed by atoms with Crippen LogP contribution in [0.3, 0.4) is 0 Å². The van der Waals surface area contributed by atoms with Gasteiger partial charge in [0.2, 0.25) is 0 Å². The molecule has 0 aliphatic carbocycles. The lowest BCUT2D eigenvalue weighted by molar-refractivity contribution is -0.384. The maximum absolute atomic E-state index is 12.4. The summed E-state index contributed by atoms with van der Waals surface area (Å²) < 4.78 is 8.16. The van der Waals surface area contributed by atoms with E-state index < -0.39 is 4.92 Å². The molecule has 0 spiro atoms. The molecule has 3 rings (SSSR count). The number of benzene rings is 2. The number of aryl methyl sites for hydroxylation is 2. The van der Waals surface area contributed by atoms with Gasteiger partial charge in [-0.15, -0.1) is 0 Å². The number of hydrogen-bond acceptors (Lipinski definition) is 5. The number of carbonyl (C=O) groups excluding carboxylic acids is 1. The number of hydrazone groups is 1. The zero-order chi connectivity index (χ0) is 22.7. The number of methoxy groups -OCH3 is 1. The van der Waals surface area contributed by atoms with Crippen LogP contribution in [0.4, 0.5) is 5.69 Å². The average molecular weight is 532 g/mol. The smallest absolute Gasteiger partial charge is 0.271 e. The van der Waals surface area contributed by atoms with Crippen LogP contribution in [0.1, 0.15) is 32.9 Å². The van der Waals surface area contributed by atoms with Crippen LogP contribution in [0.2, 0.25) is 0 Å². The van der Waals surface area contributed by atoms with Crippen molar-refractivity contribution in [2.75, 3.05) is 7.11 Å². The maximum atomic E-state index is 12.4. The summed E-state index contributed by atoms with van der Waals surface area (Å²) in [5.74, 6) is 0.283. The summed E-state index contributed by atoms with van der Waals surface area (Å²) in [5.41, 5.74) is 7.37. The number of hydrogen-bond donors (Lipinski definition) is 1. The second-order valence-electron chi connectivity index (χ2n) is 6.94. The lowest BCUT2D eigenvalue weighted by atomic mass is 10.1. The van der Waals surface area contributed by atoms with Gasteiger partial charge in [-0.2, -0.15) is 5.10 Å². The summed E-state index contributed by atoms with van der Waals surface area (Å²) in [4.78, 5) is 23.0. The Bertz CT molecular complexity index is 1200. The number of rotatable bonds is 6. The molecule has 9 heteroatoms. The first kappa shape index (κ1) is 22.5. The molecule has 0 aliphatic heterocycles. The minimum atomic E-state index is -0.407. The van der Waals surface area contributed by atoms with Crippen molar-refractivity contribution in [3.8, 4) is 11.4 Å². The molecular formula is C22H21IN4O4. The summed E-state index contributed by atoms with van der Waals surface area (Å²) in [7, 11) is 1.56. The van der Waals surface area contributed by atoms with E-state index in [9.17, 15) is 14.9 Å². The van der Waals surface area contributed by atoms with Gasteiger partial charge in [-0.1, -0.05) is 0 Å². The number of nitrogens with zero attached hydrogens (tertiary/aromatic N) is 3. The number of nitro groups is 1. The Labute approximate surface area is 193 Å². The Hall–Kier alpha value is -3.21. The van der Waals surface area contributed by atoms with E-state index in [0.29, 0.717) is 11.3 Å². The molecule has 0 bridgehead atoms. The number of ether oxygens (including phenoxy) is 1. The van der Waals surface area contributed by atoms with E-state index in [4.69, 9.17) is 4.74 Å². The first-order valence-corrected chi connectivity index (χ1v) is 10.4. The van der Waals surface area contributed by atoms with E-state index in [-0.39, 0.29) is 11.6 Å². The highest BCUT2D eigenvalue weighted by atomic mass is 127. The van der Waals surface area contributed by atoms with Crippen LogP contribution < -0.4 is 10.2 Å². The standard InChI is InChI=1S/C22H21IN4O4/c1-13-9-18(27(29)30)6-8-20(13)26-14(2)10-17(15(26)3)12-24-25-22(28)16-5-7-19(23)21(11-16)31-4/h5-12H,1-4H3,(H,25,28)/b24-12-. The highest BCUT2D eigenvalue weighted by Crippen LogP contribution is 2.25. The molecule has 0 radical (unpaired) electrons. The van der Waals surface area contributed by atoms with Gasteiger partial charge >= 0.3 is 0 Å². The van der Waals surface area contributed by atoms with Crippen LogP contribution in [0.5, 0.6) is 5.75 Å². The molecule has 0 fully saturated rings. The summed E-state index contributed by atoms with van der Waals surface area (Å²) in [5, 5.41) is 15.1.